The first-order chi connectivity index (χ1) is 7.54. The number of alkyl halides is 1. The van der Waals surface area contributed by atoms with Gasteiger partial charge in [-0.05, 0) is 20.8 Å². The van der Waals surface area contributed by atoms with Gasteiger partial charge in [-0.1, -0.05) is 15.9 Å². The molecule has 1 heterocycles. The van der Waals surface area contributed by atoms with Crippen LogP contribution in [0.15, 0.2) is 12.3 Å². The summed E-state index contributed by atoms with van der Waals surface area (Å²) in [5.74, 6) is 1.30. The Bertz CT molecular complexity index is 333. The summed E-state index contributed by atoms with van der Waals surface area (Å²) in [5.41, 5.74) is 0. The molecular formula is C11H18BrN3O. The van der Waals surface area contributed by atoms with Crippen LogP contribution in [-0.2, 0) is 0 Å². The number of rotatable bonds is 5. The highest BCUT2D eigenvalue weighted by Crippen LogP contribution is 2.15. The molecule has 0 aliphatic carbocycles. The summed E-state index contributed by atoms with van der Waals surface area (Å²) in [6, 6.07) is 2.12. The quantitative estimate of drug-likeness (QED) is 0.780. The Morgan fingerprint density at radius 2 is 2.12 bits per heavy atom. The maximum atomic E-state index is 5.53. The predicted octanol–water partition coefficient (Wildman–Crippen LogP) is 2.48. The molecular weight excluding hydrogens is 270 g/mol. The molecule has 4 nitrogen and oxygen atoms in total. The summed E-state index contributed by atoms with van der Waals surface area (Å²) < 4.78 is 5.53. The van der Waals surface area contributed by atoms with E-state index < -0.39 is 0 Å². The summed E-state index contributed by atoms with van der Waals surface area (Å²) in [5, 5.41) is 0.877. The minimum atomic E-state index is 0.127. The zero-order valence-corrected chi connectivity index (χ0v) is 11.7. The van der Waals surface area contributed by atoms with Gasteiger partial charge in [-0.25, -0.2) is 4.98 Å². The van der Waals surface area contributed by atoms with E-state index in [9.17, 15) is 0 Å². The highest BCUT2D eigenvalue weighted by atomic mass is 79.9. The largest absolute Gasteiger partial charge is 0.475 e. The lowest BCUT2D eigenvalue weighted by Gasteiger charge is -2.23. The van der Waals surface area contributed by atoms with Crippen molar-refractivity contribution in [3.63, 3.8) is 0 Å². The van der Waals surface area contributed by atoms with E-state index in [0.29, 0.717) is 17.9 Å². The molecule has 0 fully saturated rings. The Morgan fingerprint density at radius 1 is 1.44 bits per heavy atom. The zero-order chi connectivity index (χ0) is 12.1. The Balaban J connectivity index is 2.81. The molecule has 0 spiro atoms. The summed E-state index contributed by atoms with van der Waals surface area (Å²) in [7, 11) is 1.97. The summed E-state index contributed by atoms with van der Waals surface area (Å²) in [6.07, 6.45) is 1.85. The minimum absolute atomic E-state index is 0.127. The molecule has 1 aromatic rings. The summed E-state index contributed by atoms with van der Waals surface area (Å²) >= 11 is 3.44. The lowest BCUT2D eigenvalue weighted by molar-refractivity contribution is 0.232. The SMILES string of the molecule is CC(C)Oc1ccnc(N(C)C(C)CBr)n1. The van der Waals surface area contributed by atoms with E-state index in [2.05, 4.69) is 32.8 Å². The average Bonchev–Trinajstić information content (AvgIpc) is 2.26. The van der Waals surface area contributed by atoms with Gasteiger partial charge in [0, 0.05) is 30.7 Å². The Hall–Kier alpha value is -0.840. The van der Waals surface area contributed by atoms with Gasteiger partial charge in [-0.2, -0.15) is 4.98 Å². The van der Waals surface area contributed by atoms with Crippen LogP contribution in [0.25, 0.3) is 0 Å². The number of hydrogen-bond donors (Lipinski definition) is 0. The van der Waals surface area contributed by atoms with E-state index >= 15 is 0 Å². The molecule has 0 bridgehead atoms. The fourth-order valence-corrected chi connectivity index (χ4v) is 1.54. The lowest BCUT2D eigenvalue weighted by Crippen LogP contribution is -2.31. The smallest absolute Gasteiger partial charge is 0.228 e. The third-order valence-electron chi connectivity index (χ3n) is 2.17. The number of ether oxygens (including phenoxy) is 1. The third-order valence-corrected chi connectivity index (χ3v) is 3.11. The molecule has 0 N–H and O–H groups in total. The average molecular weight is 288 g/mol. The van der Waals surface area contributed by atoms with Crippen LogP contribution in [0.2, 0.25) is 0 Å². The van der Waals surface area contributed by atoms with Crippen molar-refractivity contribution < 1.29 is 4.74 Å². The molecule has 0 saturated carbocycles. The van der Waals surface area contributed by atoms with Gasteiger partial charge in [0.1, 0.15) is 0 Å². The van der Waals surface area contributed by atoms with E-state index in [1.807, 2.05) is 25.8 Å². The molecule has 0 aliphatic heterocycles. The number of anilines is 1. The molecule has 1 aromatic heterocycles. The van der Waals surface area contributed by atoms with Crippen molar-refractivity contribution in [3.8, 4) is 5.88 Å². The molecule has 0 saturated heterocycles. The number of halogens is 1. The molecule has 0 amide bonds. The second kappa shape index (κ2) is 6.03. The van der Waals surface area contributed by atoms with Gasteiger partial charge < -0.3 is 9.64 Å². The fraction of sp³-hybridized carbons (Fsp3) is 0.636. The van der Waals surface area contributed by atoms with Crippen molar-refractivity contribution in [2.45, 2.75) is 32.9 Å². The van der Waals surface area contributed by atoms with Gasteiger partial charge in [-0.15, -0.1) is 0 Å². The molecule has 1 unspecified atom stereocenters. The standard InChI is InChI=1S/C11H18BrN3O/c1-8(2)16-10-5-6-13-11(14-10)15(4)9(3)7-12/h5-6,8-9H,7H2,1-4H3. The van der Waals surface area contributed by atoms with Gasteiger partial charge >= 0.3 is 0 Å². The first kappa shape index (κ1) is 13.2. The van der Waals surface area contributed by atoms with Gasteiger partial charge in [0.25, 0.3) is 0 Å². The van der Waals surface area contributed by atoms with Crippen molar-refractivity contribution in [2.24, 2.45) is 0 Å². The van der Waals surface area contributed by atoms with Crippen molar-refractivity contribution in [1.29, 1.82) is 0 Å². The zero-order valence-electron chi connectivity index (χ0n) is 10.1. The predicted molar refractivity (Wildman–Crippen MR) is 69.5 cm³/mol. The van der Waals surface area contributed by atoms with Crippen LogP contribution < -0.4 is 9.64 Å². The van der Waals surface area contributed by atoms with Gasteiger partial charge in [-0.3, -0.25) is 0 Å². The van der Waals surface area contributed by atoms with Crippen LogP contribution in [0.4, 0.5) is 5.95 Å². The Kier molecular flexibility index (Phi) is 4.99. The highest BCUT2D eigenvalue weighted by Gasteiger charge is 2.12. The van der Waals surface area contributed by atoms with Gasteiger partial charge in [0.15, 0.2) is 0 Å². The maximum absolute atomic E-state index is 5.53. The van der Waals surface area contributed by atoms with E-state index in [1.54, 1.807) is 12.3 Å². The summed E-state index contributed by atoms with van der Waals surface area (Å²) in [6.45, 7) is 6.06. The van der Waals surface area contributed by atoms with Gasteiger partial charge in [0.2, 0.25) is 11.8 Å². The van der Waals surface area contributed by atoms with Crippen molar-refractivity contribution in [2.75, 3.05) is 17.3 Å². The minimum Gasteiger partial charge on any atom is -0.475 e. The van der Waals surface area contributed by atoms with E-state index in [-0.39, 0.29) is 6.10 Å². The molecule has 0 radical (unpaired) electrons. The molecule has 0 aliphatic rings. The molecule has 1 atom stereocenters. The van der Waals surface area contributed by atoms with Crippen molar-refractivity contribution in [3.05, 3.63) is 12.3 Å². The van der Waals surface area contributed by atoms with E-state index in [0.717, 1.165) is 5.33 Å². The number of hydrogen-bond acceptors (Lipinski definition) is 4. The first-order valence-electron chi connectivity index (χ1n) is 5.33. The topological polar surface area (TPSA) is 38.2 Å². The van der Waals surface area contributed by atoms with Crippen LogP contribution in [0, 0.1) is 0 Å². The lowest BCUT2D eigenvalue weighted by atomic mass is 10.3. The first-order valence-corrected chi connectivity index (χ1v) is 6.45. The van der Waals surface area contributed by atoms with Crippen LogP contribution in [0.1, 0.15) is 20.8 Å². The fourth-order valence-electron chi connectivity index (χ4n) is 1.11. The van der Waals surface area contributed by atoms with Crippen molar-refractivity contribution >= 4 is 21.9 Å². The number of aromatic nitrogens is 2. The second-order valence-electron chi connectivity index (χ2n) is 3.98. The summed E-state index contributed by atoms with van der Waals surface area (Å²) in [4.78, 5) is 10.6. The third kappa shape index (κ3) is 3.63. The van der Waals surface area contributed by atoms with Crippen LogP contribution in [0.3, 0.4) is 0 Å². The molecule has 0 aromatic carbocycles. The Morgan fingerprint density at radius 3 is 2.69 bits per heavy atom. The van der Waals surface area contributed by atoms with Gasteiger partial charge in [0.05, 0.1) is 6.10 Å². The normalized spacial score (nSPS) is 12.6. The van der Waals surface area contributed by atoms with E-state index in [4.69, 9.17) is 4.74 Å². The molecule has 90 valence electrons. The molecule has 1 rings (SSSR count). The number of nitrogens with zero attached hydrogens (tertiary/aromatic N) is 3. The highest BCUT2D eigenvalue weighted by molar-refractivity contribution is 9.09. The maximum Gasteiger partial charge on any atom is 0.228 e. The van der Waals surface area contributed by atoms with Crippen LogP contribution in [0.5, 0.6) is 5.88 Å². The Labute approximate surface area is 105 Å². The second-order valence-corrected chi connectivity index (χ2v) is 4.62. The van der Waals surface area contributed by atoms with Crippen molar-refractivity contribution in [1.82, 2.24) is 9.97 Å². The molecule has 16 heavy (non-hydrogen) atoms. The molecule has 5 heteroatoms. The van der Waals surface area contributed by atoms with Crippen LogP contribution in [-0.4, -0.2) is 34.5 Å². The van der Waals surface area contributed by atoms with E-state index in [1.165, 1.54) is 0 Å². The van der Waals surface area contributed by atoms with Crippen LogP contribution >= 0.6 is 15.9 Å². The monoisotopic (exact) mass is 287 g/mol.